The SMILES string of the molecule is COc1cc2c(cc1C(=O)N1C[C@H](C)N(Cc3ccc(F)cc3)C[C@H]1C)c(C(=O)C(=O)N(C)C)cn2C(=O)N(C)C. The molecule has 0 bridgehead atoms. The fourth-order valence-electron chi connectivity index (χ4n) is 5.14. The summed E-state index contributed by atoms with van der Waals surface area (Å²) >= 11 is 0. The van der Waals surface area contributed by atoms with Gasteiger partial charge in [-0.05, 0) is 37.6 Å². The molecule has 3 aromatic rings. The molecule has 218 valence electrons. The van der Waals surface area contributed by atoms with Gasteiger partial charge < -0.3 is 19.4 Å². The number of ether oxygens (including phenoxy) is 1. The molecule has 0 saturated carbocycles. The van der Waals surface area contributed by atoms with Crippen molar-refractivity contribution in [3.05, 3.63) is 65.1 Å². The van der Waals surface area contributed by atoms with Gasteiger partial charge in [0.15, 0.2) is 0 Å². The van der Waals surface area contributed by atoms with Crippen LogP contribution in [0, 0.1) is 5.82 Å². The second kappa shape index (κ2) is 11.7. The first kappa shape index (κ1) is 29.7. The average Bonchev–Trinajstić information content (AvgIpc) is 3.31. The number of benzene rings is 2. The fraction of sp³-hybridized carbons (Fsp3) is 0.400. The largest absolute Gasteiger partial charge is 0.496 e. The molecule has 1 aliphatic rings. The van der Waals surface area contributed by atoms with Crippen LogP contribution in [-0.4, -0.2) is 108 Å². The first-order chi connectivity index (χ1) is 19.3. The van der Waals surface area contributed by atoms with E-state index in [1.165, 1.54) is 60.0 Å². The van der Waals surface area contributed by atoms with Gasteiger partial charge >= 0.3 is 6.03 Å². The standard InChI is InChI=1S/C30H36FN5O5/c1-18-15-35(19(2)14-34(18)16-20-8-10-21(31)11-9-20)28(38)23-12-22-24(27(37)29(39)32(3)4)17-36(30(40)33(5)6)25(22)13-26(23)41-7/h8-13,17-19H,14-16H2,1-7H3/t18-,19+/m0/s1. The zero-order chi connectivity index (χ0) is 30.2. The number of nitrogens with zero attached hydrogens (tertiary/aromatic N) is 5. The van der Waals surface area contributed by atoms with Gasteiger partial charge in [0.1, 0.15) is 11.6 Å². The number of carbonyl (C=O) groups is 4. The van der Waals surface area contributed by atoms with Gasteiger partial charge in [-0.3, -0.25) is 23.9 Å². The van der Waals surface area contributed by atoms with Gasteiger partial charge in [-0.1, -0.05) is 12.1 Å². The van der Waals surface area contributed by atoms with Gasteiger partial charge in [-0.25, -0.2) is 9.18 Å². The highest BCUT2D eigenvalue weighted by atomic mass is 19.1. The molecule has 0 radical (unpaired) electrons. The van der Waals surface area contributed by atoms with Crippen molar-refractivity contribution in [3.63, 3.8) is 0 Å². The van der Waals surface area contributed by atoms with Gasteiger partial charge in [0, 0.05) is 77.6 Å². The highest BCUT2D eigenvalue weighted by Crippen LogP contribution is 2.33. The highest BCUT2D eigenvalue weighted by molar-refractivity contribution is 6.45. The summed E-state index contributed by atoms with van der Waals surface area (Å²) in [5.41, 5.74) is 1.58. The summed E-state index contributed by atoms with van der Waals surface area (Å²) < 4.78 is 20.2. The van der Waals surface area contributed by atoms with Crippen molar-refractivity contribution in [3.8, 4) is 5.75 Å². The Kier molecular flexibility index (Phi) is 8.48. The quantitative estimate of drug-likeness (QED) is 0.336. The van der Waals surface area contributed by atoms with E-state index in [2.05, 4.69) is 4.90 Å². The van der Waals surface area contributed by atoms with Crippen LogP contribution in [-0.2, 0) is 11.3 Å². The Morgan fingerprint density at radius 1 is 0.927 bits per heavy atom. The smallest absolute Gasteiger partial charge is 0.328 e. The van der Waals surface area contributed by atoms with Gasteiger partial charge in [0.25, 0.3) is 17.6 Å². The predicted octanol–water partition coefficient (Wildman–Crippen LogP) is 3.32. The summed E-state index contributed by atoms with van der Waals surface area (Å²) in [7, 11) is 7.54. The minimum atomic E-state index is -0.787. The van der Waals surface area contributed by atoms with Crippen LogP contribution >= 0.6 is 0 Å². The first-order valence-corrected chi connectivity index (χ1v) is 13.3. The van der Waals surface area contributed by atoms with E-state index in [0.717, 1.165) is 5.56 Å². The topological polar surface area (TPSA) is 95.4 Å². The molecule has 0 aliphatic carbocycles. The van der Waals surface area contributed by atoms with Gasteiger partial charge in [-0.15, -0.1) is 0 Å². The number of piperazine rings is 1. The van der Waals surface area contributed by atoms with E-state index >= 15 is 0 Å². The van der Waals surface area contributed by atoms with Crippen LogP contribution in [0.5, 0.6) is 5.75 Å². The predicted molar refractivity (Wildman–Crippen MR) is 153 cm³/mol. The van der Waals surface area contributed by atoms with E-state index in [4.69, 9.17) is 4.74 Å². The van der Waals surface area contributed by atoms with Crippen LogP contribution in [0.4, 0.5) is 9.18 Å². The van der Waals surface area contributed by atoms with Crippen LogP contribution in [0.15, 0.2) is 42.6 Å². The van der Waals surface area contributed by atoms with E-state index in [1.54, 1.807) is 37.2 Å². The Labute approximate surface area is 238 Å². The molecule has 0 unspecified atom stereocenters. The second-order valence-electron chi connectivity index (χ2n) is 10.9. The molecule has 2 aromatic carbocycles. The van der Waals surface area contributed by atoms with Crippen molar-refractivity contribution in [1.82, 2.24) is 24.2 Å². The maximum atomic E-state index is 14.0. The third-order valence-corrected chi connectivity index (χ3v) is 7.46. The summed E-state index contributed by atoms with van der Waals surface area (Å²) in [6.45, 7) is 5.66. The minimum Gasteiger partial charge on any atom is -0.496 e. The monoisotopic (exact) mass is 565 g/mol. The van der Waals surface area contributed by atoms with Crippen molar-refractivity contribution in [2.45, 2.75) is 32.5 Å². The minimum absolute atomic E-state index is 0.0172. The van der Waals surface area contributed by atoms with Crippen molar-refractivity contribution in [2.24, 2.45) is 0 Å². The third kappa shape index (κ3) is 5.81. The maximum absolute atomic E-state index is 14.0. The van der Waals surface area contributed by atoms with E-state index < -0.39 is 17.7 Å². The number of methoxy groups -OCH3 is 1. The highest BCUT2D eigenvalue weighted by Gasteiger charge is 2.34. The van der Waals surface area contributed by atoms with Gasteiger partial charge in [0.05, 0.1) is 23.8 Å². The molecule has 1 aromatic heterocycles. The number of Topliss-reactive ketones (excluding diaryl/α,β-unsaturated/α-hetero) is 1. The zero-order valence-corrected chi connectivity index (χ0v) is 24.5. The van der Waals surface area contributed by atoms with Crippen molar-refractivity contribution in [2.75, 3.05) is 48.4 Å². The van der Waals surface area contributed by atoms with E-state index in [-0.39, 0.29) is 40.7 Å². The normalized spacial score (nSPS) is 17.4. The number of carbonyl (C=O) groups excluding carboxylic acids is 4. The number of hydrogen-bond donors (Lipinski definition) is 0. The molecule has 3 amide bonds. The summed E-state index contributed by atoms with van der Waals surface area (Å²) in [5.74, 6) is -1.85. The van der Waals surface area contributed by atoms with Crippen LogP contribution in [0.1, 0.15) is 40.1 Å². The van der Waals surface area contributed by atoms with Crippen molar-refractivity contribution < 1.29 is 28.3 Å². The molecule has 1 saturated heterocycles. The first-order valence-electron chi connectivity index (χ1n) is 13.3. The Hall–Kier alpha value is -4.25. The van der Waals surface area contributed by atoms with Crippen molar-refractivity contribution >= 4 is 34.5 Å². The lowest BCUT2D eigenvalue weighted by atomic mass is 10.0. The second-order valence-corrected chi connectivity index (χ2v) is 10.9. The molecule has 0 spiro atoms. The van der Waals surface area contributed by atoms with Crippen LogP contribution in [0.3, 0.4) is 0 Å². The molecule has 0 N–H and O–H groups in total. The van der Waals surface area contributed by atoms with Crippen LogP contribution in [0.25, 0.3) is 10.9 Å². The summed E-state index contributed by atoms with van der Waals surface area (Å²) in [6.07, 6.45) is 1.34. The molecule has 41 heavy (non-hydrogen) atoms. The maximum Gasteiger partial charge on any atom is 0.328 e. The fourth-order valence-corrected chi connectivity index (χ4v) is 5.14. The average molecular weight is 566 g/mol. The molecule has 10 nitrogen and oxygen atoms in total. The number of likely N-dealkylation sites (N-methyl/N-ethyl adjacent to an activating group) is 1. The van der Waals surface area contributed by atoms with E-state index in [0.29, 0.717) is 30.5 Å². The summed E-state index contributed by atoms with van der Waals surface area (Å²) in [6, 6.07) is 8.93. The number of amides is 3. The van der Waals surface area contributed by atoms with Crippen LogP contribution < -0.4 is 4.74 Å². The Morgan fingerprint density at radius 3 is 2.17 bits per heavy atom. The number of halogens is 1. The molecular weight excluding hydrogens is 529 g/mol. The molecular formula is C30H36FN5O5. The zero-order valence-electron chi connectivity index (χ0n) is 24.5. The number of fused-ring (bicyclic) bond motifs is 1. The number of hydrogen-bond acceptors (Lipinski definition) is 6. The Bertz CT molecular complexity index is 1500. The summed E-state index contributed by atoms with van der Waals surface area (Å²) in [5, 5.41) is 0.306. The Morgan fingerprint density at radius 2 is 1.59 bits per heavy atom. The number of ketones is 1. The Balaban J connectivity index is 1.72. The van der Waals surface area contributed by atoms with E-state index in [9.17, 15) is 23.6 Å². The molecule has 1 fully saturated rings. The lowest BCUT2D eigenvalue weighted by Crippen LogP contribution is -2.57. The van der Waals surface area contributed by atoms with Gasteiger partial charge in [0.2, 0.25) is 0 Å². The van der Waals surface area contributed by atoms with Gasteiger partial charge in [-0.2, -0.15) is 0 Å². The lowest BCUT2D eigenvalue weighted by Gasteiger charge is -2.44. The van der Waals surface area contributed by atoms with Crippen LogP contribution in [0.2, 0.25) is 0 Å². The molecule has 2 atom stereocenters. The third-order valence-electron chi connectivity index (χ3n) is 7.46. The number of rotatable bonds is 6. The number of aromatic nitrogens is 1. The lowest BCUT2D eigenvalue weighted by molar-refractivity contribution is -0.124. The molecule has 4 rings (SSSR count). The van der Waals surface area contributed by atoms with E-state index in [1.807, 2.05) is 13.8 Å². The molecule has 1 aliphatic heterocycles. The molecule has 2 heterocycles. The molecule has 11 heteroatoms. The van der Waals surface area contributed by atoms with Crippen molar-refractivity contribution in [1.29, 1.82) is 0 Å². The summed E-state index contributed by atoms with van der Waals surface area (Å²) in [4.78, 5) is 59.3.